The minimum atomic E-state index is 0.119. The summed E-state index contributed by atoms with van der Waals surface area (Å²) in [6.07, 6.45) is 2.48. The van der Waals surface area contributed by atoms with Crippen LogP contribution in [-0.4, -0.2) is 25.4 Å². The van der Waals surface area contributed by atoms with E-state index >= 15 is 0 Å². The molecule has 0 radical (unpaired) electrons. The third-order valence-electron chi connectivity index (χ3n) is 3.31. The van der Waals surface area contributed by atoms with E-state index in [1.165, 1.54) is 12.8 Å². The topological polar surface area (TPSA) is 41.1 Å². The van der Waals surface area contributed by atoms with Crippen LogP contribution in [0.3, 0.4) is 0 Å². The van der Waals surface area contributed by atoms with Crippen LogP contribution in [-0.2, 0) is 0 Å². The maximum absolute atomic E-state index is 11.2. The molecule has 2 N–H and O–H groups in total. The average Bonchev–Trinajstić information content (AvgIpc) is 2.82. The van der Waals surface area contributed by atoms with Gasteiger partial charge in [-0.05, 0) is 50.9 Å². The summed E-state index contributed by atoms with van der Waals surface area (Å²) in [6.45, 7) is 4.89. The molecule has 3 heteroatoms. The molecule has 1 aliphatic rings. The highest BCUT2D eigenvalue weighted by Gasteiger charge is 2.13. The first-order chi connectivity index (χ1) is 8.25. The Morgan fingerprint density at radius 1 is 1.53 bits per heavy atom. The Hall–Kier alpha value is -1.35. The first-order valence-corrected chi connectivity index (χ1v) is 6.31. The molecule has 1 aromatic carbocycles. The van der Waals surface area contributed by atoms with Crippen molar-refractivity contribution in [2.75, 3.05) is 25.0 Å². The fourth-order valence-electron chi connectivity index (χ4n) is 2.23. The van der Waals surface area contributed by atoms with Crippen molar-refractivity contribution in [2.24, 2.45) is 5.92 Å². The predicted molar refractivity (Wildman–Crippen MR) is 70.5 cm³/mol. The molecule has 1 heterocycles. The molecule has 3 nitrogen and oxygen atoms in total. The Morgan fingerprint density at radius 2 is 2.41 bits per heavy atom. The molecule has 17 heavy (non-hydrogen) atoms. The van der Waals surface area contributed by atoms with Gasteiger partial charge in [-0.3, -0.25) is 4.79 Å². The fourth-order valence-corrected chi connectivity index (χ4v) is 2.23. The van der Waals surface area contributed by atoms with Crippen LogP contribution >= 0.6 is 0 Å². The van der Waals surface area contributed by atoms with Crippen molar-refractivity contribution in [1.82, 2.24) is 5.32 Å². The molecule has 1 fully saturated rings. The van der Waals surface area contributed by atoms with Gasteiger partial charge in [-0.1, -0.05) is 12.1 Å². The van der Waals surface area contributed by atoms with Crippen molar-refractivity contribution in [2.45, 2.75) is 19.8 Å². The van der Waals surface area contributed by atoms with Crippen LogP contribution in [0.4, 0.5) is 5.69 Å². The second kappa shape index (κ2) is 5.82. The van der Waals surface area contributed by atoms with Gasteiger partial charge in [0.15, 0.2) is 5.78 Å². The lowest BCUT2D eigenvalue weighted by molar-refractivity contribution is 0.101. The minimum Gasteiger partial charge on any atom is -0.385 e. The van der Waals surface area contributed by atoms with E-state index in [4.69, 9.17) is 0 Å². The smallest absolute Gasteiger partial charge is 0.159 e. The Kier molecular flexibility index (Phi) is 4.15. The van der Waals surface area contributed by atoms with Gasteiger partial charge in [-0.2, -0.15) is 0 Å². The van der Waals surface area contributed by atoms with Gasteiger partial charge < -0.3 is 10.6 Å². The van der Waals surface area contributed by atoms with Gasteiger partial charge in [0.1, 0.15) is 0 Å². The summed E-state index contributed by atoms with van der Waals surface area (Å²) < 4.78 is 0. The van der Waals surface area contributed by atoms with Crippen LogP contribution in [0.1, 0.15) is 30.1 Å². The number of hydrogen-bond donors (Lipinski definition) is 2. The number of anilines is 1. The van der Waals surface area contributed by atoms with Crippen LogP contribution in [0.15, 0.2) is 24.3 Å². The SMILES string of the molecule is CC(=O)c1cccc(NCCC2CCNC2)c1. The van der Waals surface area contributed by atoms with Gasteiger partial charge >= 0.3 is 0 Å². The molecule has 0 amide bonds. The Labute approximate surface area is 103 Å². The van der Waals surface area contributed by atoms with Gasteiger partial charge in [-0.25, -0.2) is 0 Å². The van der Waals surface area contributed by atoms with E-state index in [1.807, 2.05) is 24.3 Å². The number of ketones is 1. The van der Waals surface area contributed by atoms with Crippen molar-refractivity contribution in [3.05, 3.63) is 29.8 Å². The predicted octanol–water partition coefficient (Wildman–Crippen LogP) is 2.30. The molecule has 92 valence electrons. The van der Waals surface area contributed by atoms with Crippen LogP contribution < -0.4 is 10.6 Å². The number of rotatable bonds is 5. The van der Waals surface area contributed by atoms with E-state index in [-0.39, 0.29) is 5.78 Å². The zero-order chi connectivity index (χ0) is 12.1. The standard InChI is InChI=1S/C14H20N2O/c1-11(17)13-3-2-4-14(9-13)16-8-6-12-5-7-15-10-12/h2-4,9,12,15-16H,5-8,10H2,1H3. The lowest BCUT2D eigenvalue weighted by Gasteiger charge is -2.10. The number of nitrogens with one attached hydrogen (secondary N) is 2. The van der Waals surface area contributed by atoms with Crippen LogP contribution in [0, 0.1) is 5.92 Å². The van der Waals surface area contributed by atoms with Gasteiger partial charge in [-0.15, -0.1) is 0 Å². The first kappa shape index (κ1) is 12.1. The van der Waals surface area contributed by atoms with Gasteiger partial charge in [0.25, 0.3) is 0 Å². The quantitative estimate of drug-likeness (QED) is 0.765. The minimum absolute atomic E-state index is 0.119. The fraction of sp³-hybridized carbons (Fsp3) is 0.500. The van der Waals surface area contributed by atoms with Gasteiger partial charge in [0, 0.05) is 17.8 Å². The second-order valence-corrected chi connectivity index (χ2v) is 4.71. The van der Waals surface area contributed by atoms with Crippen molar-refractivity contribution >= 4 is 11.5 Å². The monoisotopic (exact) mass is 232 g/mol. The highest BCUT2D eigenvalue weighted by Crippen LogP contribution is 2.14. The molecule has 1 aliphatic heterocycles. The molecule has 0 spiro atoms. The van der Waals surface area contributed by atoms with Crippen molar-refractivity contribution in [3.8, 4) is 0 Å². The van der Waals surface area contributed by atoms with E-state index in [0.717, 1.165) is 36.8 Å². The summed E-state index contributed by atoms with van der Waals surface area (Å²) in [7, 11) is 0. The average molecular weight is 232 g/mol. The number of carbonyl (C=O) groups is 1. The number of benzene rings is 1. The maximum Gasteiger partial charge on any atom is 0.159 e. The largest absolute Gasteiger partial charge is 0.385 e. The van der Waals surface area contributed by atoms with E-state index < -0.39 is 0 Å². The molecule has 0 bridgehead atoms. The number of Topliss-reactive ketones (excluding diaryl/α,β-unsaturated/α-hetero) is 1. The summed E-state index contributed by atoms with van der Waals surface area (Å²) in [5.74, 6) is 0.923. The lowest BCUT2D eigenvalue weighted by atomic mass is 10.1. The molecule has 1 unspecified atom stereocenters. The van der Waals surface area contributed by atoms with Crippen molar-refractivity contribution < 1.29 is 4.79 Å². The molecule has 1 saturated heterocycles. The maximum atomic E-state index is 11.2. The molecular formula is C14H20N2O. The zero-order valence-corrected chi connectivity index (χ0v) is 10.3. The normalized spacial score (nSPS) is 19.2. The molecule has 0 aromatic heterocycles. The highest BCUT2D eigenvalue weighted by molar-refractivity contribution is 5.94. The molecule has 2 rings (SSSR count). The number of carbonyl (C=O) groups excluding carboxylic acids is 1. The summed E-state index contributed by atoms with van der Waals surface area (Å²) in [4.78, 5) is 11.2. The third kappa shape index (κ3) is 3.56. The third-order valence-corrected chi connectivity index (χ3v) is 3.31. The van der Waals surface area contributed by atoms with Gasteiger partial charge in [0.05, 0.1) is 0 Å². The van der Waals surface area contributed by atoms with Crippen LogP contribution in [0.2, 0.25) is 0 Å². The van der Waals surface area contributed by atoms with E-state index in [0.29, 0.717) is 0 Å². The van der Waals surface area contributed by atoms with Gasteiger partial charge in [0.2, 0.25) is 0 Å². The number of hydrogen-bond acceptors (Lipinski definition) is 3. The summed E-state index contributed by atoms with van der Waals surface area (Å²) in [5.41, 5.74) is 1.82. The van der Waals surface area contributed by atoms with Crippen LogP contribution in [0.5, 0.6) is 0 Å². The zero-order valence-electron chi connectivity index (χ0n) is 10.3. The van der Waals surface area contributed by atoms with Crippen LogP contribution in [0.25, 0.3) is 0 Å². The second-order valence-electron chi connectivity index (χ2n) is 4.71. The van der Waals surface area contributed by atoms with E-state index in [9.17, 15) is 4.79 Å². The van der Waals surface area contributed by atoms with E-state index in [2.05, 4.69) is 10.6 Å². The summed E-state index contributed by atoms with van der Waals surface area (Å²) in [6, 6.07) is 7.72. The Bertz CT molecular complexity index is 384. The van der Waals surface area contributed by atoms with Crippen molar-refractivity contribution in [1.29, 1.82) is 0 Å². The molecular weight excluding hydrogens is 212 g/mol. The Morgan fingerprint density at radius 3 is 3.12 bits per heavy atom. The summed E-state index contributed by atoms with van der Waals surface area (Å²) >= 11 is 0. The molecule has 0 saturated carbocycles. The molecule has 1 aromatic rings. The highest BCUT2D eigenvalue weighted by atomic mass is 16.1. The molecule has 1 atom stereocenters. The lowest BCUT2D eigenvalue weighted by Crippen LogP contribution is -2.12. The molecule has 0 aliphatic carbocycles. The van der Waals surface area contributed by atoms with E-state index in [1.54, 1.807) is 6.92 Å². The Balaban J connectivity index is 1.81. The summed E-state index contributed by atoms with van der Waals surface area (Å²) in [5, 5.41) is 6.76. The first-order valence-electron chi connectivity index (χ1n) is 6.31. The van der Waals surface area contributed by atoms with Crippen molar-refractivity contribution in [3.63, 3.8) is 0 Å².